The lowest BCUT2D eigenvalue weighted by Gasteiger charge is -2.17. The van der Waals surface area contributed by atoms with Crippen molar-refractivity contribution in [1.82, 2.24) is 5.32 Å². The van der Waals surface area contributed by atoms with E-state index in [-0.39, 0.29) is 6.04 Å². The van der Waals surface area contributed by atoms with E-state index in [2.05, 4.69) is 36.5 Å². The van der Waals surface area contributed by atoms with Crippen molar-refractivity contribution in [2.45, 2.75) is 25.8 Å². The lowest BCUT2D eigenvalue weighted by atomic mass is 10.0. The molecule has 0 saturated heterocycles. The largest absolute Gasteiger partial charge is 0.382 e. The van der Waals surface area contributed by atoms with Crippen LogP contribution in [-0.2, 0) is 20.6 Å². The zero-order valence-corrected chi connectivity index (χ0v) is 13.6. The van der Waals surface area contributed by atoms with Crippen molar-refractivity contribution in [3.63, 3.8) is 0 Å². The summed E-state index contributed by atoms with van der Waals surface area (Å²) in [6, 6.07) is 9.00. The number of likely N-dealkylation sites (N-methyl/N-ethyl adjacent to an activating group) is 1. The van der Waals surface area contributed by atoms with E-state index >= 15 is 0 Å². The minimum atomic E-state index is 0.222. The molecule has 0 aliphatic rings. The van der Waals surface area contributed by atoms with Gasteiger partial charge in [-0.2, -0.15) is 0 Å². The summed E-state index contributed by atoms with van der Waals surface area (Å²) in [6.07, 6.45) is 2.32. The molecule has 21 heavy (non-hydrogen) atoms. The Morgan fingerprint density at radius 1 is 1.00 bits per heavy atom. The Balaban J connectivity index is 2.27. The second-order valence-corrected chi connectivity index (χ2v) is 5.01. The summed E-state index contributed by atoms with van der Waals surface area (Å²) < 4.78 is 16.0. The van der Waals surface area contributed by atoms with Crippen LogP contribution < -0.4 is 5.32 Å². The first-order valence-corrected chi connectivity index (χ1v) is 7.72. The Bertz CT molecular complexity index is 354. The van der Waals surface area contributed by atoms with Crippen LogP contribution in [0.25, 0.3) is 0 Å². The number of ether oxygens (including phenoxy) is 3. The van der Waals surface area contributed by atoms with Crippen LogP contribution in [0.5, 0.6) is 0 Å². The summed E-state index contributed by atoms with van der Waals surface area (Å²) in [5.74, 6) is 0. The Hall–Kier alpha value is -0.940. The molecule has 0 aliphatic carbocycles. The van der Waals surface area contributed by atoms with Crippen molar-refractivity contribution < 1.29 is 14.2 Å². The molecule has 1 atom stereocenters. The summed E-state index contributed by atoms with van der Waals surface area (Å²) in [5, 5.41) is 3.30. The van der Waals surface area contributed by atoms with Crippen LogP contribution >= 0.6 is 0 Å². The summed E-state index contributed by atoms with van der Waals surface area (Å²) in [5.41, 5.74) is 2.65. The molecular weight excluding hydrogens is 266 g/mol. The number of methoxy groups -OCH3 is 1. The molecule has 4 heteroatoms. The van der Waals surface area contributed by atoms with E-state index in [1.54, 1.807) is 7.11 Å². The fourth-order valence-electron chi connectivity index (χ4n) is 2.11. The molecule has 0 saturated carbocycles. The number of rotatable bonds is 12. The van der Waals surface area contributed by atoms with Crippen molar-refractivity contribution >= 4 is 0 Å². The van der Waals surface area contributed by atoms with Crippen molar-refractivity contribution in [3.8, 4) is 0 Å². The summed E-state index contributed by atoms with van der Waals surface area (Å²) in [4.78, 5) is 0. The molecule has 120 valence electrons. The van der Waals surface area contributed by atoms with Gasteiger partial charge in [0.25, 0.3) is 0 Å². The normalized spacial score (nSPS) is 12.5. The second kappa shape index (κ2) is 11.7. The molecule has 0 aliphatic heterocycles. The summed E-state index contributed by atoms with van der Waals surface area (Å²) in [6.45, 7) is 5.31. The number of benzene rings is 1. The number of aryl methyl sites for hydroxylation is 1. The van der Waals surface area contributed by atoms with Gasteiger partial charge in [0.15, 0.2) is 0 Å². The monoisotopic (exact) mass is 295 g/mol. The standard InChI is InChI=1S/C17H29NO3/c1-4-5-15-6-8-16(9-7-15)17(18-2)14-21-13-12-20-11-10-19-3/h6-9,17-18H,4-5,10-14H2,1-3H3. The van der Waals surface area contributed by atoms with Gasteiger partial charge in [-0.05, 0) is 24.6 Å². The van der Waals surface area contributed by atoms with E-state index in [9.17, 15) is 0 Å². The smallest absolute Gasteiger partial charge is 0.0701 e. The fourth-order valence-corrected chi connectivity index (χ4v) is 2.11. The van der Waals surface area contributed by atoms with Crippen molar-refractivity contribution in [2.24, 2.45) is 0 Å². The van der Waals surface area contributed by atoms with Gasteiger partial charge in [-0.15, -0.1) is 0 Å². The number of hydrogen-bond donors (Lipinski definition) is 1. The first-order chi connectivity index (χ1) is 10.3. The maximum absolute atomic E-state index is 5.67. The van der Waals surface area contributed by atoms with Crippen LogP contribution in [0, 0.1) is 0 Å². The van der Waals surface area contributed by atoms with E-state index in [0.717, 1.165) is 6.42 Å². The number of nitrogens with one attached hydrogen (secondary N) is 1. The second-order valence-electron chi connectivity index (χ2n) is 5.01. The predicted molar refractivity (Wildman–Crippen MR) is 85.8 cm³/mol. The van der Waals surface area contributed by atoms with Crippen LogP contribution in [0.2, 0.25) is 0 Å². The molecule has 0 fully saturated rings. The SMILES string of the molecule is CCCc1ccc(C(COCCOCCOC)NC)cc1. The molecule has 1 rings (SSSR count). The van der Waals surface area contributed by atoms with Gasteiger partial charge in [0.1, 0.15) is 0 Å². The molecule has 1 aromatic rings. The third kappa shape index (κ3) is 7.58. The quantitative estimate of drug-likeness (QED) is 0.602. The first-order valence-electron chi connectivity index (χ1n) is 7.72. The minimum absolute atomic E-state index is 0.222. The zero-order chi connectivity index (χ0) is 15.3. The molecule has 0 amide bonds. The Morgan fingerprint density at radius 2 is 1.67 bits per heavy atom. The van der Waals surface area contributed by atoms with Gasteiger partial charge in [-0.1, -0.05) is 37.6 Å². The fraction of sp³-hybridized carbons (Fsp3) is 0.647. The minimum Gasteiger partial charge on any atom is -0.382 e. The Morgan fingerprint density at radius 3 is 2.29 bits per heavy atom. The molecule has 0 heterocycles. The van der Waals surface area contributed by atoms with Crippen LogP contribution in [-0.4, -0.2) is 47.2 Å². The van der Waals surface area contributed by atoms with E-state index < -0.39 is 0 Å². The van der Waals surface area contributed by atoms with Gasteiger partial charge in [0.05, 0.1) is 39.1 Å². The average Bonchev–Trinajstić information content (AvgIpc) is 2.52. The molecule has 1 aromatic carbocycles. The van der Waals surface area contributed by atoms with Gasteiger partial charge in [0, 0.05) is 7.11 Å². The summed E-state index contributed by atoms with van der Waals surface area (Å²) >= 11 is 0. The number of hydrogen-bond acceptors (Lipinski definition) is 4. The maximum Gasteiger partial charge on any atom is 0.0701 e. The van der Waals surface area contributed by atoms with Gasteiger partial charge in [-0.3, -0.25) is 0 Å². The highest BCUT2D eigenvalue weighted by molar-refractivity contribution is 5.25. The first kappa shape index (κ1) is 18.1. The van der Waals surface area contributed by atoms with E-state index in [4.69, 9.17) is 14.2 Å². The van der Waals surface area contributed by atoms with Gasteiger partial charge in [0.2, 0.25) is 0 Å². The van der Waals surface area contributed by atoms with Crippen LogP contribution in [0.4, 0.5) is 0 Å². The third-order valence-electron chi connectivity index (χ3n) is 3.36. The molecule has 4 nitrogen and oxygen atoms in total. The molecule has 1 unspecified atom stereocenters. The van der Waals surface area contributed by atoms with E-state index in [1.165, 1.54) is 17.5 Å². The van der Waals surface area contributed by atoms with Crippen LogP contribution in [0.15, 0.2) is 24.3 Å². The van der Waals surface area contributed by atoms with Crippen LogP contribution in [0.1, 0.15) is 30.5 Å². The summed E-state index contributed by atoms with van der Waals surface area (Å²) in [7, 11) is 3.63. The van der Waals surface area contributed by atoms with Gasteiger partial charge >= 0.3 is 0 Å². The van der Waals surface area contributed by atoms with Crippen LogP contribution in [0.3, 0.4) is 0 Å². The lowest BCUT2D eigenvalue weighted by molar-refractivity contribution is 0.0197. The third-order valence-corrected chi connectivity index (χ3v) is 3.36. The maximum atomic E-state index is 5.67. The predicted octanol–water partition coefficient (Wildman–Crippen LogP) is 2.58. The average molecular weight is 295 g/mol. The van der Waals surface area contributed by atoms with Gasteiger partial charge < -0.3 is 19.5 Å². The van der Waals surface area contributed by atoms with Gasteiger partial charge in [-0.25, -0.2) is 0 Å². The topological polar surface area (TPSA) is 39.7 Å². The highest BCUT2D eigenvalue weighted by Gasteiger charge is 2.09. The molecule has 0 aromatic heterocycles. The lowest BCUT2D eigenvalue weighted by Crippen LogP contribution is -2.23. The van der Waals surface area contributed by atoms with Crippen molar-refractivity contribution in [3.05, 3.63) is 35.4 Å². The Labute approximate surface area is 128 Å². The van der Waals surface area contributed by atoms with Crippen molar-refractivity contribution in [2.75, 3.05) is 47.2 Å². The Kier molecular flexibility index (Phi) is 10.1. The molecule has 0 radical (unpaired) electrons. The molecule has 0 bridgehead atoms. The van der Waals surface area contributed by atoms with E-state index in [1.807, 2.05) is 7.05 Å². The molecule has 0 spiro atoms. The highest BCUT2D eigenvalue weighted by Crippen LogP contribution is 2.15. The highest BCUT2D eigenvalue weighted by atomic mass is 16.5. The van der Waals surface area contributed by atoms with E-state index in [0.29, 0.717) is 33.0 Å². The molecule has 1 N–H and O–H groups in total. The molecular formula is C17H29NO3. The van der Waals surface area contributed by atoms with Crippen molar-refractivity contribution in [1.29, 1.82) is 0 Å². The zero-order valence-electron chi connectivity index (χ0n) is 13.6.